The molecule has 5 nitrogen and oxygen atoms in total. The van der Waals surface area contributed by atoms with Crippen molar-refractivity contribution in [3.63, 3.8) is 0 Å². The Morgan fingerprint density at radius 3 is 2.66 bits per heavy atom. The number of nitrogens with zero attached hydrogens (tertiary/aromatic N) is 1. The van der Waals surface area contributed by atoms with Crippen LogP contribution in [0.2, 0.25) is 0 Å². The molecule has 0 aliphatic carbocycles. The molecule has 3 aromatic rings. The number of aryl methyl sites for hydroxylation is 1. The lowest BCUT2D eigenvalue weighted by Gasteiger charge is -2.14. The van der Waals surface area contributed by atoms with Crippen LogP contribution in [0, 0.1) is 0 Å². The SMILES string of the molecule is O=C(NCc1ccc(OCCCCc2ccccc2)cc1)[C@@H]1CSC(c2cccnc2)N1. The van der Waals surface area contributed by atoms with Crippen LogP contribution in [-0.2, 0) is 17.8 Å². The molecule has 1 aliphatic rings. The summed E-state index contributed by atoms with van der Waals surface area (Å²) in [4.78, 5) is 16.7. The standard InChI is InChI=1S/C26H29N3O2S/c30-25(24-19-32-26(29-24)22-10-6-15-27-18-22)28-17-21-11-13-23(14-12-21)31-16-5-4-9-20-7-2-1-3-8-20/h1-3,6-8,10-15,18,24,26,29H,4-5,9,16-17,19H2,(H,28,30)/t24-,26?/m0/s1. The van der Waals surface area contributed by atoms with Gasteiger partial charge in [-0.2, -0.15) is 0 Å². The van der Waals surface area contributed by atoms with Crippen LogP contribution in [-0.4, -0.2) is 29.3 Å². The molecule has 0 bridgehead atoms. The van der Waals surface area contributed by atoms with E-state index in [1.165, 1.54) is 5.56 Å². The average molecular weight is 448 g/mol. The van der Waals surface area contributed by atoms with Gasteiger partial charge in [0.15, 0.2) is 0 Å². The van der Waals surface area contributed by atoms with Crippen molar-refractivity contribution >= 4 is 17.7 Å². The first-order valence-electron chi connectivity index (χ1n) is 11.1. The first-order valence-corrected chi connectivity index (χ1v) is 12.1. The number of amides is 1. The van der Waals surface area contributed by atoms with Gasteiger partial charge in [0, 0.05) is 24.7 Å². The summed E-state index contributed by atoms with van der Waals surface area (Å²) in [6.45, 7) is 1.22. The molecule has 1 amide bonds. The molecule has 2 atom stereocenters. The van der Waals surface area contributed by atoms with E-state index in [1.807, 2.05) is 48.7 Å². The monoisotopic (exact) mass is 447 g/mol. The first-order chi connectivity index (χ1) is 15.8. The van der Waals surface area contributed by atoms with E-state index in [4.69, 9.17) is 4.74 Å². The van der Waals surface area contributed by atoms with Crippen LogP contribution in [0.1, 0.15) is 34.9 Å². The molecule has 2 N–H and O–H groups in total. The third-order valence-electron chi connectivity index (χ3n) is 5.45. The smallest absolute Gasteiger partial charge is 0.238 e. The Hall–Kier alpha value is -2.83. The van der Waals surface area contributed by atoms with E-state index in [-0.39, 0.29) is 17.3 Å². The summed E-state index contributed by atoms with van der Waals surface area (Å²) in [5, 5.41) is 6.54. The summed E-state index contributed by atoms with van der Waals surface area (Å²) < 4.78 is 5.85. The molecule has 2 aromatic carbocycles. The van der Waals surface area contributed by atoms with Crippen LogP contribution in [0.25, 0.3) is 0 Å². The Kier molecular flexibility index (Phi) is 8.17. The number of benzene rings is 2. The van der Waals surface area contributed by atoms with Crippen molar-refractivity contribution in [3.8, 4) is 5.75 Å². The average Bonchev–Trinajstić information content (AvgIpc) is 3.35. The van der Waals surface area contributed by atoms with Crippen molar-refractivity contribution in [1.82, 2.24) is 15.6 Å². The number of rotatable bonds is 10. The van der Waals surface area contributed by atoms with Crippen LogP contribution in [0.3, 0.4) is 0 Å². The van der Waals surface area contributed by atoms with Crippen molar-refractivity contribution < 1.29 is 9.53 Å². The highest BCUT2D eigenvalue weighted by Gasteiger charge is 2.30. The molecule has 0 radical (unpaired) electrons. The molecule has 1 aliphatic heterocycles. The Balaban J connectivity index is 1.14. The number of ether oxygens (including phenoxy) is 1. The van der Waals surface area contributed by atoms with Crippen LogP contribution in [0.5, 0.6) is 5.75 Å². The van der Waals surface area contributed by atoms with Crippen LogP contribution < -0.4 is 15.4 Å². The van der Waals surface area contributed by atoms with Crippen LogP contribution >= 0.6 is 11.8 Å². The van der Waals surface area contributed by atoms with Gasteiger partial charge in [0.1, 0.15) is 5.75 Å². The second kappa shape index (κ2) is 11.7. The predicted octanol–water partition coefficient (Wildman–Crippen LogP) is 4.50. The summed E-state index contributed by atoms with van der Waals surface area (Å²) >= 11 is 1.74. The van der Waals surface area contributed by atoms with E-state index in [0.29, 0.717) is 13.2 Å². The number of carbonyl (C=O) groups is 1. The molecule has 166 valence electrons. The highest BCUT2D eigenvalue weighted by atomic mass is 32.2. The molecular weight excluding hydrogens is 418 g/mol. The van der Waals surface area contributed by atoms with Gasteiger partial charge in [0.05, 0.1) is 18.0 Å². The van der Waals surface area contributed by atoms with Gasteiger partial charge < -0.3 is 10.1 Å². The highest BCUT2D eigenvalue weighted by Crippen LogP contribution is 2.32. The van der Waals surface area contributed by atoms with Gasteiger partial charge in [-0.1, -0.05) is 48.5 Å². The fourth-order valence-corrected chi connectivity index (χ4v) is 4.85. The van der Waals surface area contributed by atoms with Crippen LogP contribution in [0.15, 0.2) is 79.1 Å². The maximum atomic E-state index is 12.5. The van der Waals surface area contributed by atoms with Gasteiger partial charge in [-0.15, -0.1) is 11.8 Å². The van der Waals surface area contributed by atoms with Crippen LogP contribution in [0.4, 0.5) is 0 Å². The second-order valence-electron chi connectivity index (χ2n) is 7.87. The molecule has 0 spiro atoms. The zero-order valence-corrected chi connectivity index (χ0v) is 18.9. The van der Waals surface area contributed by atoms with Gasteiger partial charge in [-0.25, -0.2) is 0 Å². The maximum absolute atomic E-state index is 12.5. The van der Waals surface area contributed by atoms with Crippen molar-refractivity contribution in [2.45, 2.75) is 37.2 Å². The van der Waals surface area contributed by atoms with Gasteiger partial charge >= 0.3 is 0 Å². The number of aromatic nitrogens is 1. The summed E-state index contributed by atoms with van der Waals surface area (Å²) in [6, 6.07) is 22.3. The lowest BCUT2D eigenvalue weighted by molar-refractivity contribution is -0.122. The molecule has 1 fully saturated rings. The first kappa shape index (κ1) is 22.4. The Morgan fingerprint density at radius 1 is 1.03 bits per heavy atom. The van der Waals surface area contributed by atoms with Crippen molar-refractivity contribution in [1.29, 1.82) is 0 Å². The predicted molar refractivity (Wildman–Crippen MR) is 130 cm³/mol. The topological polar surface area (TPSA) is 63.2 Å². The summed E-state index contributed by atoms with van der Waals surface area (Å²) in [5.41, 5.74) is 3.53. The van der Waals surface area contributed by atoms with Crippen molar-refractivity contribution in [2.24, 2.45) is 0 Å². The fourth-order valence-electron chi connectivity index (χ4n) is 3.63. The maximum Gasteiger partial charge on any atom is 0.238 e. The van der Waals surface area contributed by atoms with Crippen molar-refractivity contribution in [3.05, 3.63) is 95.8 Å². The molecule has 4 rings (SSSR count). The van der Waals surface area contributed by atoms with Gasteiger partial charge in [-0.05, 0) is 54.2 Å². The fraction of sp³-hybridized carbons (Fsp3) is 0.308. The lowest BCUT2D eigenvalue weighted by Crippen LogP contribution is -2.42. The normalized spacial score (nSPS) is 17.8. The van der Waals surface area contributed by atoms with E-state index >= 15 is 0 Å². The van der Waals surface area contributed by atoms with Crippen molar-refractivity contribution in [2.75, 3.05) is 12.4 Å². The molecule has 0 saturated carbocycles. The molecule has 1 unspecified atom stereocenters. The number of carbonyl (C=O) groups excluding carboxylic acids is 1. The summed E-state index contributed by atoms with van der Waals surface area (Å²) in [5.74, 6) is 1.65. The minimum Gasteiger partial charge on any atom is -0.494 e. The van der Waals surface area contributed by atoms with Gasteiger partial charge in [0.25, 0.3) is 0 Å². The second-order valence-corrected chi connectivity index (χ2v) is 9.01. The number of thioether (sulfide) groups is 1. The molecule has 32 heavy (non-hydrogen) atoms. The minimum absolute atomic E-state index is 0.0302. The quantitative estimate of drug-likeness (QED) is 0.448. The third kappa shape index (κ3) is 6.58. The largest absolute Gasteiger partial charge is 0.494 e. The van der Waals surface area contributed by atoms with E-state index in [1.54, 1.807) is 18.0 Å². The number of hydrogen-bond donors (Lipinski definition) is 2. The van der Waals surface area contributed by atoms with Gasteiger partial charge in [0.2, 0.25) is 5.91 Å². The Morgan fingerprint density at radius 2 is 1.88 bits per heavy atom. The Bertz CT molecular complexity index is 967. The van der Waals surface area contributed by atoms with E-state index in [2.05, 4.69) is 39.9 Å². The third-order valence-corrected chi connectivity index (χ3v) is 6.71. The number of hydrogen-bond acceptors (Lipinski definition) is 5. The summed E-state index contributed by atoms with van der Waals surface area (Å²) in [7, 11) is 0. The molecule has 6 heteroatoms. The Labute approximate surface area is 194 Å². The number of nitrogens with one attached hydrogen (secondary N) is 2. The highest BCUT2D eigenvalue weighted by molar-refractivity contribution is 7.99. The molecule has 1 saturated heterocycles. The molecule has 1 aromatic heterocycles. The summed E-state index contributed by atoms with van der Waals surface area (Å²) in [6.07, 6.45) is 6.83. The molecular formula is C26H29N3O2S. The van der Waals surface area contributed by atoms with E-state index in [9.17, 15) is 4.79 Å². The van der Waals surface area contributed by atoms with E-state index in [0.717, 1.165) is 41.9 Å². The lowest BCUT2D eigenvalue weighted by atomic mass is 10.1. The van der Waals surface area contributed by atoms with E-state index < -0.39 is 0 Å². The number of unbranched alkanes of at least 4 members (excludes halogenated alkanes) is 1. The molecule has 2 heterocycles. The minimum atomic E-state index is -0.191. The van der Waals surface area contributed by atoms with Gasteiger partial charge in [-0.3, -0.25) is 15.1 Å². The number of pyridine rings is 1. The zero-order chi connectivity index (χ0) is 22.0. The zero-order valence-electron chi connectivity index (χ0n) is 18.1.